The summed E-state index contributed by atoms with van der Waals surface area (Å²) in [6.45, 7) is 1.85. The van der Waals surface area contributed by atoms with E-state index in [4.69, 9.17) is 0 Å². The molecule has 2 atom stereocenters. The summed E-state index contributed by atoms with van der Waals surface area (Å²) >= 11 is 0. The van der Waals surface area contributed by atoms with Crippen LogP contribution in [0.2, 0.25) is 0 Å². The van der Waals surface area contributed by atoms with Gasteiger partial charge in [0, 0.05) is 36.7 Å². The van der Waals surface area contributed by atoms with Crippen molar-refractivity contribution in [3.63, 3.8) is 0 Å². The van der Waals surface area contributed by atoms with Crippen molar-refractivity contribution in [3.8, 4) is 11.4 Å². The monoisotopic (exact) mass is 390 g/mol. The fraction of sp³-hybridized carbons (Fsp3) is 0.348. The first-order chi connectivity index (χ1) is 14.0. The lowest BCUT2D eigenvalue weighted by atomic mass is 10.1. The molecule has 1 heterocycles. The Bertz CT molecular complexity index is 992. The third-order valence-corrected chi connectivity index (χ3v) is 5.75. The second kappa shape index (κ2) is 8.07. The largest absolute Gasteiger partial charge is 0.353 e. The number of fused-ring (bicyclic) bond motifs is 1. The molecule has 2 amide bonds. The van der Waals surface area contributed by atoms with Crippen LogP contribution < -0.4 is 5.32 Å². The summed E-state index contributed by atoms with van der Waals surface area (Å²) in [6, 6.07) is 15.8. The molecule has 0 spiro atoms. The summed E-state index contributed by atoms with van der Waals surface area (Å²) in [5.74, 6) is 0.878. The highest BCUT2D eigenvalue weighted by atomic mass is 16.2. The molecule has 2 N–H and O–H groups in total. The molecular formula is C23H26N4O2. The molecular weight excluding hydrogens is 364 g/mol. The molecule has 0 saturated heterocycles. The second-order valence-electron chi connectivity index (χ2n) is 7.68. The van der Waals surface area contributed by atoms with E-state index < -0.39 is 0 Å². The highest BCUT2D eigenvalue weighted by Crippen LogP contribution is 2.26. The molecule has 1 unspecified atom stereocenters. The van der Waals surface area contributed by atoms with Gasteiger partial charge >= 0.3 is 0 Å². The number of carbonyl (C=O) groups is 2. The molecule has 4 rings (SSSR count). The van der Waals surface area contributed by atoms with E-state index >= 15 is 0 Å². The number of nitrogens with one attached hydrogen (secondary N) is 2. The normalized spacial score (nSPS) is 18.7. The lowest BCUT2D eigenvalue weighted by molar-refractivity contribution is -0.121. The van der Waals surface area contributed by atoms with Crippen LogP contribution in [0.3, 0.4) is 0 Å². The van der Waals surface area contributed by atoms with Gasteiger partial charge in [-0.1, -0.05) is 31.2 Å². The van der Waals surface area contributed by atoms with Crippen LogP contribution in [0.5, 0.6) is 0 Å². The van der Waals surface area contributed by atoms with Gasteiger partial charge in [0.2, 0.25) is 5.91 Å². The molecule has 1 saturated carbocycles. The summed E-state index contributed by atoms with van der Waals surface area (Å²) in [7, 11) is 1.85. The number of hydrogen-bond donors (Lipinski definition) is 2. The van der Waals surface area contributed by atoms with Crippen LogP contribution in [0.15, 0.2) is 48.5 Å². The zero-order chi connectivity index (χ0) is 20.4. The minimum absolute atomic E-state index is 0.00799. The Morgan fingerprint density at radius 2 is 1.90 bits per heavy atom. The number of aromatic amines is 1. The van der Waals surface area contributed by atoms with Crippen molar-refractivity contribution in [1.29, 1.82) is 0 Å². The van der Waals surface area contributed by atoms with Crippen LogP contribution in [0.25, 0.3) is 22.4 Å². The van der Waals surface area contributed by atoms with Crippen molar-refractivity contribution in [2.45, 2.75) is 44.7 Å². The molecule has 3 aromatic rings. The highest BCUT2D eigenvalue weighted by molar-refractivity contribution is 5.94. The quantitative estimate of drug-likeness (QED) is 0.696. The number of carbonyl (C=O) groups excluding carboxylic acids is 2. The molecule has 150 valence electrons. The van der Waals surface area contributed by atoms with Crippen molar-refractivity contribution in [3.05, 3.63) is 54.1 Å². The lowest BCUT2D eigenvalue weighted by Gasteiger charge is -2.25. The van der Waals surface area contributed by atoms with E-state index in [1.54, 1.807) is 0 Å². The molecule has 6 heteroatoms. The second-order valence-corrected chi connectivity index (χ2v) is 7.68. The predicted molar refractivity (Wildman–Crippen MR) is 113 cm³/mol. The number of nitrogens with zero attached hydrogens (tertiary/aromatic N) is 2. The van der Waals surface area contributed by atoms with Crippen LogP contribution in [0.1, 0.15) is 43.0 Å². The Morgan fingerprint density at radius 3 is 2.62 bits per heavy atom. The minimum Gasteiger partial charge on any atom is -0.353 e. The molecule has 29 heavy (non-hydrogen) atoms. The Balaban J connectivity index is 1.43. The van der Waals surface area contributed by atoms with Gasteiger partial charge in [-0.05, 0) is 43.5 Å². The zero-order valence-electron chi connectivity index (χ0n) is 16.8. The summed E-state index contributed by atoms with van der Waals surface area (Å²) in [4.78, 5) is 34.3. The lowest BCUT2D eigenvalue weighted by Crippen LogP contribution is -2.38. The average molecular weight is 390 g/mol. The summed E-state index contributed by atoms with van der Waals surface area (Å²) in [6.07, 6.45) is 3.13. The molecule has 1 aliphatic carbocycles. The van der Waals surface area contributed by atoms with Gasteiger partial charge in [0.1, 0.15) is 5.82 Å². The molecule has 1 aromatic heterocycles. The number of amides is 2. The fourth-order valence-electron chi connectivity index (χ4n) is 4.00. The number of hydrogen-bond acceptors (Lipinski definition) is 3. The van der Waals surface area contributed by atoms with E-state index in [9.17, 15) is 9.59 Å². The molecule has 0 aliphatic heterocycles. The van der Waals surface area contributed by atoms with Crippen LogP contribution in [0, 0.1) is 0 Å². The Labute approximate surface area is 170 Å². The summed E-state index contributed by atoms with van der Waals surface area (Å²) in [5, 5.41) is 3.04. The number of aromatic nitrogens is 2. The van der Waals surface area contributed by atoms with Gasteiger partial charge < -0.3 is 15.2 Å². The van der Waals surface area contributed by atoms with Gasteiger partial charge in [-0.3, -0.25) is 9.59 Å². The molecule has 6 nitrogen and oxygen atoms in total. The zero-order valence-corrected chi connectivity index (χ0v) is 16.8. The Hall–Kier alpha value is -3.15. The number of benzene rings is 2. The molecule has 0 bridgehead atoms. The Morgan fingerprint density at radius 1 is 1.14 bits per heavy atom. The average Bonchev–Trinajstić information content (AvgIpc) is 3.39. The van der Waals surface area contributed by atoms with Crippen molar-refractivity contribution < 1.29 is 9.59 Å². The number of imidazole rings is 1. The third kappa shape index (κ3) is 4.01. The highest BCUT2D eigenvalue weighted by Gasteiger charge is 2.30. The third-order valence-electron chi connectivity index (χ3n) is 5.75. The molecule has 2 aromatic carbocycles. The first-order valence-corrected chi connectivity index (χ1v) is 10.2. The van der Waals surface area contributed by atoms with E-state index in [1.165, 1.54) is 0 Å². The maximum Gasteiger partial charge on any atom is 0.253 e. The van der Waals surface area contributed by atoms with Gasteiger partial charge in [0.15, 0.2) is 0 Å². The molecule has 1 fully saturated rings. The van der Waals surface area contributed by atoms with Crippen LogP contribution in [-0.4, -0.2) is 45.8 Å². The van der Waals surface area contributed by atoms with Gasteiger partial charge in [0.05, 0.1) is 11.0 Å². The van der Waals surface area contributed by atoms with E-state index in [2.05, 4.69) is 15.3 Å². The fourth-order valence-corrected chi connectivity index (χ4v) is 4.00. The van der Waals surface area contributed by atoms with Crippen LogP contribution in [0.4, 0.5) is 0 Å². The van der Waals surface area contributed by atoms with E-state index in [1.807, 2.05) is 67.4 Å². The summed E-state index contributed by atoms with van der Waals surface area (Å²) < 4.78 is 0. The minimum atomic E-state index is 0.00799. The Kier molecular flexibility index (Phi) is 5.34. The van der Waals surface area contributed by atoms with Crippen molar-refractivity contribution in [1.82, 2.24) is 20.2 Å². The SMILES string of the molecule is CCC(=O)N[C@H]1CCC(N(C)C(=O)c2ccc(-c3nc4ccccc4[nH]3)cc2)C1. The van der Waals surface area contributed by atoms with E-state index in [0.717, 1.165) is 41.7 Å². The first kappa shape index (κ1) is 19.2. The topological polar surface area (TPSA) is 78.1 Å². The van der Waals surface area contributed by atoms with E-state index in [0.29, 0.717) is 12.0 Å². The standard InChI is InChI=1S/C23H26N4O2/c1-3-21(28)24-17-12-13-18(14-17)27(2)23(29)16-10-8-15(9-11-16)22-25-19-6-4-5-7-20(19)26-22/h4-11,17-18H,3,12-14H2,1-2H3,(H,24,28)(H,25,26)/t17-,18?/m0/s1. The van der Waals surface area contributed by atoms with Gasteiger partial charge in [-0.25, -0.2) is 4.98 Å². The van der Waals surface area contributed by atoms with Gasteiger partial charge in [0.25, 0.3) is 5.91 Å². The summed E-state index contributed by atoms with van der Waals surface area (Å²) in [5.41, 5.74) is 3.53. The number of rotatable bonds is 5. The van der Waals surface area contributed by atoms with E-state index in [-0.39, 0.29) is 23.9 Å². The van der Waals surface area contributed by atoms with Crippen molar-refractivity contribution in [2.24, 2.45) is 0 Å². The van der Waals surface area contributed by atoms with Gasteiger partial charge in [-0.2, -0.15) is 0 Å². The van der Waals surface area contributed by atoms with Crippen molar-refractivity contribution in [2.75, 3.05) is 7.05 Å². The predicted octanol–water partition coefficient (Wildman–Crippen LogP) is 3.75. The van der Waals surface area contributed by atoms with Crippen molar-refractivity contribution >= 4 is 22.8 Å². The number of H-pyrrole nitrogens is 1. The smallest absolute Gasteiger partial charge is 0.253 e. The molecule has 1 aliphatic rings. The van der Waals surface area contributed by atoms with Gasteiger partial charge in [-0.15, -0.1) is 0 Å². The maximum absolute atomic E-state index is 12.9. The van der Waals surface area contributed by atoms with Crippen LogP contribution in [-0.2, 0) is 4.79 Å². The first-order valence-electron chi connectivity index (χ1n) is 10.2. The van der Waals surface area contributed by atoms with Crippen LogP contribution >= 0.6 is 0 Å². The maximum atomic E-state index is 12.9. The molecule has 0 radical (unpaired) electrons. The number of para-hydroxylation sites is 2.